The minimum Gasteiger partial charge on any atom is -0.338 e. The fourth-order valence-corrected chi connectivity index (χ4v) is 2.19. The van der Waals surface area contributed by atoms with Crippen molar-refractivity contribution < 1.29 is 4.52 Å². The molecule has 1 fully saturated rings. The molecule has 0 atom stereocenters. The van der Waals surface area contributed by atoms with Crippen LogP contribution in [-0.2, 0) is 0 Å². The maximum absolute atomic E-state index is 4.96. The molecule has 0 spiro atoms. The van der Waals surface area contributed by atoms with Crippen molar-refractivity contribution in [1.82, 2.24) is 20.5 Å². The van der Waals surface area contributed by atoms with Crippen molar-refractivity contribution in [3.63, 3.8) is 0 Å². The van der Waals surface area contributed by atoms with Gasteiger partial charge in [0.25, 0.3) is 5.95 Å². The van der Waals surface area contributed by atoms with Gasteiger partial charge in [0.15, 0.2) is 0 Å². The van der Waals surface area contributed by atoms with Gasteiger partial charge in [-0.25, -0.2) is 0 Å². The number of nitrogens with one attached hydrogen (secondary N) is 1. The van der Waals surface area contributed by atoms with Crippen molar-refractivity contribution in [3.05, 3.63) is 5.89 Å². The van der Waals surface area contributed by atoms with E-state index in [0.29, 0.717) is 24.5 Å². The number of hydrogen-bond acceptors (Lipinski definition) is 7. The highest BCUT2D eigenvalue weighted by atomic mass is 16.5. The summed E-state index contributed by atoms with van der Waals surface area (Å²) in [5, 5.41) is 13.8. The lowest BCUT2D eigenvalue weighted by molar-refractivity contribution is 0.185. The second-order valence-corrected chi connectivity index (χ2v) is 4.38. The number of aryl methyl sites for hydroxylation is 1. The summed E-state index contributed by atoms with van der Waals surface area (Å²) in [5.74, 6) is 1.16. The Morgan fingerprint density at radius 1 is 1.41 bits per heavy atom. The number of nitrogens with zero attached hydrogens (tertiary/aromatic N) is 5. The SMILES string of the molecule is Cc1nc(N2C=NN(C3CCNCC3)C2)no1. The molecule has 0 saturated carbocycles. The normalized spacial score (nSPS) is 21.5. The van der Waals surface area contributed by atoms with Gasteiger partial charge in [-0.1, -0.05) is 0 Å². The number of hydrogen-bond donors (Lipinski definition) is 1. The molecule has 2 aliphatic rings. The Hall–Kier alpha value is -1.63. The first kappa shape index (κ1) is 10.5. The zero-order valence-corrected chi connectivity index (χ0v) is 9.83. The minimum atomic E-state index is 0.519. The molecule has 1 N–H and O–H groups in total. The fourth-order valence-electron chi connectivity index (χ4n) is 2.19. The summed E-state index contributed by atoms with van der Waals surface area (Å²) in [4.78, 5) is 6.09. The monoisotopic (exact) mass is 236 g/mol. The van der Waals surface area contributed by atoms with Crippen LogP contribution in [0.4, 0.5) is 5.95 Å². The average molecular weight is 236 g/mol. The van der Waals surface area contributed by atoms with Crippen LogP contribution in [0.5, 0.6) is 0 Å². The van der Waals surface area contributed by atoms with Gasteiger partial charge in [-0.3, -0.25) is 9.91 Å². The van der Waals surface area contributed by atoms with Gasteiger partial charge in [0.2, 0.25) is 5.89 Å². The molecule has 17 heavy (non-hydrogen) atoms. The molecule has 0 aromatic carbocycles. The Balaban J connectivity index is 1.64. The Morgan fingerprint density at radius 3 is 2.94 bits per heavy atom. The quantitative estimate of drug-likeness (QED) is 0.788. The highest BCUT2D eigenvalue weighted by Gasteiger charge is 2.26. The standard InChI is InChI=1S/C10H16N6O/c1-8-13-10(14-17-8)15-6-12-16(7-15)9-2-4-11-5-3-9/h6,9,11H,2-5,7H2,1H3. The van der Waals surface area contributed by atoms with Gasteiger partial charge < -0.3 is 9.84 Å². The first-order chi connectivity index (χ1) is 8.33. The summed E-state index contributed by atoms with van der Waals surface area (Å²) < 4.78 is 4.96. The van der Waals surface area contributed by atoms with Gasteiger partial charge in [0.05, 0.1) is 6.04 Å². The van der Waals surface area contributed by atoms with Crippen LogP contribution in [0, 0.1) is 6.92 Å². The molecule has 7 nitrogen and oxygen atoms in total. The molecule has 3 heterocycles. The van der Waals surface area contributed by atoms with Gasteiger partial charge in [-0.15, -0.1) is 0 Å². The first-order valence-corrected chi connectivity index (χ1v) is 5.91. The van der Waals surface area contributed by atoms with Gasteiger partial charge in [0, 0.05) is 6.92 Å². The number of hydrazone groups is 1. The van der Waals surface area contributed by atoms with E-state index in [9.17, 15) is 0 Å². The van der Waals surface area contributed by atoms with E-state index in [4.69, 9.17) is 4.52 Å². The Labute approximate surface area is 99.5 Å². The van der Waals surface area contributed by atoms with Crippen molar-refractivity contribution in [3.8, 4) is 0 Å². The molecule has 1 aromatic heterocycles. The molecule has 1 aromatic rings. The van der Waals surface area contributed by atoms with Crippen LogP contribution in [0.3, 0.4) is 0 Å². The minimum absolute atomic E-state index is 0.519. The summed E-state index contributed by atoms with van der Waals surface area (Å²) >= 11 is 0. The van der Waals surface area contributed by atoms with E-state index in [1.54, 1.807) is 13.3 Å². The largest absolute Gasteiger partial charge is 0.338 e. The van der Waals surface area contributed by atoms with Crippen molar-refractivity contribution in [2.45, 2.75) is 25.8 Å². The van der Waals surface area contributed by atoms with Crippen molar-refractivity contribution in [1.29, 1.82) is 0 Å². The zero-order valence-electron chi connectivity index (χ0n) is 9.83. The van der Waals surface area contributed by atoms with E-state index in [-0.39, 0.29) is 0 Å². The molecule has 3 rings (SSSR count). The van der Waals surface area contributed by atoms with Crippen LogP contribution in [-0.4, -0.2) is 47.3 Å². The predicted molar refractivity (Wildman–Crippen MR) is 62.6 cm³/mol. The molecular weight excluding hydrogens is 220 g/mol. The molecule has 92 valence electrons. The van der Waals surface area contributed by atoms with Crippen LogP contribution in [0.15, 0.2) is 9.62 Å². The summed E-state index contributed by atoms with van der Waals surface area (Å²) in [7, 11) is 0. The summed E-state index contributed by atoms with van der Waals surface area (Å²) in [5.41, 5.74) is 0. The second-order valence-electron chi connectivity index (χ2n) is 4.38. The summed E-state index contributed by atoms with van der Waals surface area (Å²) in [6.07, 6.45) is 4.04. The third kappa shape index (κ3) is 2.10. The van der Waals surface area contributed by atoms with Crippen molar-refractivity contribution in [2.24, 2.45) is 5.10 Å². The molecule has 2 aliphatic heterocycles. The predicted octanol–water partition coefficient (Wildman–Crippen LogP) is 0.153. The van der Waals surface area contributed by atoms with Crippen LogP contribution in [0.25, 0.3) is 0 Å². The Kier molecular flexibility index (Phi) is 2.68. The van der Waals surface area contributed by atoms with Gasteiger partial charge in [-0.2, -0.15) is 10.1 Å². The van der Waals surface area contributed by atoms with Crippen LogP contribution in [0.2, 0.25) is 0 Å². The lowest BCUT2D eigenvalue weighted by atomic mass is 10.1. The fraction of sp³-hybridized carbons (Fsp3) is 0.700. The highest BCUT2D eigenvalue weighted by molar-refractivity contribution is 5.76. The molecular formula is C10H16N6O. The van der Waals surface area contributed by atoms with E-state index < -0.39 is 0 Å². The maximum Gasteiger partial charge on any atom is 0.272 e. The zero-order chi connectivity index (χ0) is 11.7. The molecule has 0 aliphatic carbocycles. The molecule has 0 unspecified atom stereocenters. The summed E-state index contributed by atoms with van der Waals surface area (Å²) in [6.45, 7) is 4.63. The number of anilines is 1. The van der Waals surface area contributed by atoms with E-state index in [1.807, 2.05) is 4.90 Å². The topological polar surface area (TPSA) is 69.8 Å². The van der Waals surface area contributed by atoms with Crippen LogP contribution in [0.1, 0.15) is 18.7 Å². The molecule has 0 bridgehead atoms. The van der Waals surface area contributed by atoms with Crippen LogP contribution >= 0.6 is 0 Å². The first-order valence-electron chi connectivity index (χ1n) is 5.91. The molecule has 0 radical (unpaired) electrons. The number of piperidine rings is 1. The van der Waals surface area contributed by atoms with Crippen molar-refractivity contribution >= 4 is 12.3 Å². The number of rotatable bonds is 2. The lowest BCUT2D eigenvalue weighted by Gasteiger charge is -2.30. The van der Waals surface area contributed by atoms with Crippen molar-refractivity contribution in [2.75, 3.05) is 24.7 Å². The average Bonchev–Trinajstić information content (AvgIpc) is 2.98. The second kappa shape index (κ2) is 4.33. The van der Waals surface area contributed by atoms with E-state index in [2.05, 4.69) is 25.6 Å². The lowest BCUT2D eigenvalue weighted by Crippen LogP contribution is -2.41. The number of aromatic nitrogens is 2. The smallest absolute Gasteiger partial charge is 0.272 e. The van der Waals surface area contributed by atoms with Gasteiger partial charge in [-0.05, 0) is 31.1 Å². The van der Waals surface area contributed by atoms with E-state index >= 15 is 0 Å². The Bertz CT molecular complexity index is 411. The third-order valence-electron chi connectivity index (χ3n) is 3.14. The maximum atomic E-state index is 4.96. The van der Waals surface area contributed by atoms with E-state index in [0.717, 1.165) is 25.9 Å². The molecule has 1 saturated heterocycles. The third-order valence-corrected chi connectivity index (χ3v) is 3.14. The van der Waals surface area contributed by atoms with Gasteiger partial charge in [0.1, 0.15) is 13.0 Å². The van der Waals surface area contributed by atoms with Crippen LogP contribution < -0.4 is 10.2 Å². The van der Waals surface area contributed by atoms with E-state index in [1.165, 1.54) is 0 Å². The summed E-state index contributed by atoms with van der Waals surface area (Å²) in [6, 6.07) is 0.519. The van der Waals surface area contributed by atoms with Gasteiger partial charge >= 0.3 is 0 Å². The highest BCUT2D eigenvalue weighted by Crippen LogP contribution is 2.18. The Morgan fingerprint density at radius 2 is 2.24 bits per heavy atom. The molecule has 7 heteroatoms. The molecule has 0 amide bonds.